The molecular weight excluding hydrogens is 973 g/mol. The second kappa shape index (κ2) is 66.1. The van der Waals surface area contributed by atoms with Crippen LogP contribution in [0.15, 0.2) is 134 Å². The van der Waals surface area contributed by atoms with E-state index in [1.54, 1.807) is 0 Å². The molecule has 0 saturated heterocycles. The van der Waals surface area contributed by atoms with Crippen LogP contribution in [0.5, 0.6) is 0 Å². The van der Waals surface area contributed by atoms with Gasteiger partial charge < -0.3 is 14.2 Å². The minimum Gasteiger partial charge on any atom is -0.462 e. The van der Waals surface area contributed by atoms with Crippen molar-refractivity contribution in [2.24, 2.45) is 0 Å². The zero-order valence-corrected chi connectivity index (χ0v) is 51.3. The molecule has 0 aromatic carbocycles. The molecule has 6 heteroatoms. The minimum atomic E-state index is -0.804. The molecule has 6 nitrogen and oxygen atoms in total. The average Bonchev–Trinajstić information content (AvgIpc) is 3.45. The highest BCUT2D eigenvalue weighted by atomic mass is 16.6. The Kier molecular flexibility index (Phi) is 62.3. The Bertz CT molecular complexity index is 1680. The molecule has 0 aliphatic rings. The van der Waals surface area contributed by atoms with Gasteiger partial charge >= 0.3 is 17.9 Å². The number of hydrogen-bond acceptors (Lipinski definition) is 6. The van der Waals surface area contributed by atoms with E-state index in [2.05, 4.69) is 154 Å². The summed E-state index contributed by atoms with van der Waals surface area (Å²) in [5.74, 6) is -0.931. The summed E-state index contributed by atoms with van der Waals surface area (Å²) >= 11 is 0. The standard InChI is InChI=1S/C73H120O6/c1-4-7-10-13-16-19-22-25-28-30-32-33-34-35-36-37-38-39-41-42-45-48-51-54-57-60-63-66-72(75)78-69-70(68-77-71(74)65-62-59-56-53-50-47-44-27-24-21-18-15-12-9-6-3)79-73(76)67-64-61-58-55-52-49-46-43-40-31-29-26-23-20-17-14-11-8-5-2/h7-8,10-11,16-17,19-20,25-26,28-29,32-33,35-36,38-40,43,49,52,70H,4-6,9,12-15,18,21-24,27,30-31,34,37,41-42,44-48,50-51,53-69H2,1-3H3/b10-7-,11-8-,19-16-,20-17-,28-25-,29-26-,33-32-,36-35-,39-38-,43-40-,52-49-. The fourth-order valence-electron chi connectivity index (χ4n) is 8.83. The number of esters is 3. The van der Waals surface area contributed by atoms with E-state index in [0.29, 0.717) is 12.8 Å². The number of ether oxygens (including phenoxy) is 3. The molecule has 0 aliphatic heterocycles. The summed E-state index contributed by atoms with van der Waals surface area (Å²) in [6, 6.07) is 0. The van der Waals surface area contributed by atoms with E-state index in [-0.39, 0.29) is 37.5 Å². The third-order valence-corrected chi connectivity index (χ3v) is 13.7. The van der Waals surface area contributed by atoms with Gasteiger partial charge in [0.25, 0.3) is 0 Å². The quantitative estimate of drug-likeness (QED) is 0.0261. The third-order valence-electron chi connectivity index (χ3n) is 13.7. The molecule has 0 spiro atoms. The lowest BCUT2D eigenvalue weighted by Crippen LogP contribution is -2.30. The molecule has 79 heavy (non-hydrogen) atoms. The van der Waals surface area contributed by atoms with Crippen LogP contribution in [-0.2, 0) is 28.6 Å². The van der Waals surface area contributed by atoms with Crippen molar-refractivity contribution in [2.75, 3.05) is 13.2 Å². The van der Waals surface area contributed by atoms with Gasteiger partial charge in [0.1, 0.15) is 13.2 Å². The second-order valence-corrected chi connectivity index (χ2v) is 21.3. The summed E-state index contributed by atoms with van der Waals surface area (Å²) in [5, 5.41) is 0. The van der Waals surface area contributed by atoms with Crippen molar-refractivity contribution in [2.45, 2.75) is 297 Å². The van der Waals surface area contributed by atoms with Crippen LogP contribution in [0.2, 0.25) is 0 Å². The maximum atomic E-state index is 12.9. The lowest BCUT2D eigenvalue weighted by Gasteiger charge is -2.18. The van der Waals surface area contributed by atoms with Crippen molar-refractivity contribution < 1.29 is 28.6 Å². The van der Waals surface area contributed by atoms with E-state index >= 15 is 0 Å². The zero-order valence-electron chi connectivity index (χ0n) is 51.3. The van der Waals surface area contributed by atoms with Crippen LogP contribution >= 0.6 is 0 Å². The molecule has 1 unspecified atom stereocenters. The number of hydrogen-bond donors (Lipinski definition) is 0. The van der Waals surface area contributed by atoms with Crippen molar-refractivity contribution in [1.29, 1.82) is 0 Å². The van der Waals surface area contributed by atoms with Crippen LogP contribution in [0.1, 0.15) is 290 Å². The van der Waals surface area contributed by atoms with E-state index in [0.717, 1.165) is 141 Å². The van der Waals surface area contributed by atoms with Crippen molar-refractivity contribution in [3.8, 4) is 0 Å². The van der Waals surface area contributed by atoms with Gasteiger partial charge in [0.05, 0.1) is 0 Å². The maximum Gasteiger partial charge on any atom is 0.306 e. The molecule has 0 aromatic heterocycles. The van der Waals surface area contributed by atoms with E-state index in [9.17, 15) is 14.4 Å². The molecule has 1 atom stereocenters. The van der Waals surface area contributed by atoms with E-state index in [1.807, 2.05) is 0 Å². The lowest BCUT2D eigenvalue weighted by atomic mass is 10.0. The van der Waals surface area contributed by atoms with E-state index in [4.69, 9.17) is 14.2 Å². The molecule has 0 saturated carbocycles. The summed E-state index contributed by atoms with van der Waals surface area (Å²) < 4.78 is 16.9. The number of unbranched alkanes of at least 4 members (excludes halogenated alkanes) is 25. The van der Waals surface area contributed by atoms with Gasteiger partial charge in [-0.1, -0.05) is 289 Å². The summed E-state index contributed by atoms with van der Waals surface area (Å²) in [5.41, 5.74) is 0. The van der Waals surface area contributed by atoms with Crippen molar-refractivity contribution in [1.82, 2.24) is 0 Å². The van der Waals surface area contributed by atoms with Gasteiger partial charge in [0.15, 0.2) is 6.10 Å². The minimum absolute atomic E-state index is 0.0952. The van der Waals surface area contributed by atoms with Gasteiger partial charge in [-0.2, -0.15) is 0 Å². The van der Waals surface area contributed by atoms with Crippen molar-refractivity contribution >= 4 is 17.9 Å². The predicted octanol–water partition coefficient (Wildman–Crippen LogP) is 22.5. The van der Waals surface area contributed by atoms with Crippen molar-refractivity contribution in [3.05, 3.63) is 134 Å². The first-order valence-electron chi connectivity index (χ1n) is 32.7. The second-order valence-electron chi connectivity index (χ2n) is 21.3. The fraction of sp³-hybridized carbons (Fsp3) is 0.658. The molecule has 0 amide bonds. The van der Waals surface area contributed by atoms with Crippen LogP contribution in [-0.4, -0.2) is 37.2 Å². The Balaban J connectivity index is 4.42. The Hall–Kier alpha value is -4.45. The molecule has 0 heterocycles. The highest BCUT2D eigenvalue weighted by molar-refractivity contribution is 5.71. The summed E-state index contributed by atoms with van der Waals surface area (Å²) in [7, 11) is 0. The Morgan fingerprint density at radius 2 is 0.494 bits per heavy atom. The number of rotatable bonds is 58. The largest absolute Gasteiger partial charge is 0.462 e. The van der Waals surface area contributed by atoms with Gasteiger partial charge in [-0.25, -0.2) is 0 Å². The molecule has 0 fully saturated rings. The molecule has 0 aromatic rings. The van der Waals surface area contributed by atoms with Crippen LogP contribution < -0.4 is 0 Å². The van der Waals surface area contributed by atoms with Crippen LogP contribution in [0.3, 0.4) is 0 Å². The SMILES string of the molecule is CC/C=C\C/C=C\C/C=C\C/C=C\C/C=C\C/C=C\CCCCCCCCCCC(=O)OCC(COC(=O)CCCCCCCCCCCCCCCCC)OC(=O)CCCCC/C=C\C/C=C\C/C=C\C/C=C\C/C=C\CC. The highest BCUT2D eigenvalue weighted by Gasteiger charge is 2.19. The average molecular weight is 1090 g/mol. The molecule has 0 radical (unpaired) electrons. The van der Waals surface area contributed by atoms with E-state index in [1.165, 1.54) is 109 Å². The van der Waals surface area contributed by atoms with Gasteiger partial charge in [0.2, 0.25) is 0 Å². The van der Waals surface area contributed by atoms with Gasteiger partial charge in [0, 0.05) is 19.3 Å². The molecule has 0 bridgehead atoms. The Morgan fingerprint density at radius 1 is 0.266 bits per heavy atom. The molecule has 448 valence electrons. The van der Waals surface area contributed by atoms with Gasteiger partial charge in [-0.15, -0.1) is 0 Å². The number of carbonyl (C=O) groups excluding carboxylic acids is 3. The number of allylic oxidation sites excluding steroid dienone is 22. The highest BCUT2D eigenvalue weighted by Crippen LogP contribution is 2.16. The summed E-state index contributed by atoms with van der Waals surface area (Å²) in [4.78, 5) is 38.4. The Morgan fingerprint density at radius 3 is 0.785 bits per heavy atom. The van der Waals surface area contributed by atoms with Gasteiger partial charge in [-0.3, -0.25) is 14.4 Å². The maximum absolute atomic E-state index is 12.9. The van der Waals surface area contributed by atoms with Crippen LogP contribution in [0.25, 0.3) is 0 Å². The zero-order chi connectivity index (χ0) is 57.1. The van der Waals surface area contributed by atoms with Gasteiger partial charge in [-0.05, 0) is 116 Å². The normalized spacial score (nSPS) is 13.0. The van der Waals surface area contributed by atoms with Crippen molar-refractivity contribution in [3.63, 3.8) is 0 Å². The molecule has 0 rings (SSSR count). The topological polar surface area (TPSA) is 78.9 Å². The first-order chi connectivity index (χ1) is 39.0. The first kappa shape index (κ1) is 74.5. The predicted molar refractivity (Wildman–Crippen MR) is 343 cm³/mol. The molecule has 0 aliphatic carbocycles. The Labute approximate surface area is 487 Å². The summed E-state index contributed by atoms with van der Waals surface area (Å²) in [6.07, 6.45) is 93.1. The third kappa shape index (κ3) is 64.3. The van der Waals surface area contributed by atoms with Crippen LogP contribution in [0.4, 0.5) is 0 Å². The monoisotopic (exact) mass is 1090 g/mol. The first-order valence-corrected chi connectivity index (χ1v) is 32.7. The summed E-state index contributed by atoms with van der Waals surface area (Å²) in [6.45, 7) is 6.40. The molecular formula is C73H120O6. The van der Waals surface area contributed by atoms with E-state index < -0.39 is 6.10 Å². The van der Waals surface area contributed by atoms with Crippen LogP contribution in [0, 0.1) is 0 Å². The molecule has 0 N–H and O–H groups in total. The fourth-order valence-corrected chi connectivity index (χ4v) is 8.83. The lowest BCUT2D eigenvalue weighted by molar-refractivity contribution is -0.167. The smallest absolute Gasteiger partial charge is 0.306 e. The number of carbonyl (C=O) groups is 3.